The Labute approximate surface area is 173 Å². The van der Waals surface area contributed by atoms with E-state index in [0.717, 1.165) is 31.2 Å². The molecule has 0 spiro atoms. The first-order valence-corrected chi connectivity index (χ1v) is 11.0. The number of benzene rings is 1. The highest BCUT2D eigenvalue weighted by molar-refractivity contribution is 6.17. The van der Waals surface area contributed by atoms with Gasteiger partial charge in [-0.05, 0) is 61.3 Å². The van der Waals surface area contributed by atoms with E-state index < -0.39 is 11.9 Å². The maximum atomic E-state index is 12.7. The molecule has 3 rings (SSSR count). The van der Waals surface area contributed by atoms with Crippen molar-refractivity contribution in [2.24, 2.45) is 11.8 Å². The molecule has 0 bridgehead atoms. The minimum absolute atomic E-state index is 0.0404. The average Bonchev–Trinajstić information content (AvgIpc) is 2.77. The minimum Gasteiger partial charge on any atom is -0.462 e. The largest absolute Gasteiger partial charge is 0.462 e. The van der Waals surface area contributed by atoms with Gasteiger partial charge in [0.25, 0.3) is 0 Å². The molecule has 2 fully saturated rings. The molecule has 2 aliphatic rings. The fraction of sp³-hybridized carbons (Fsp3) is 0.583. The van der Waals surface area contributed by atoms with E-state index in [4.69, 9.17) is 15.2 Å². The number of carbonyl (C=O) groups excluding carboxylic acids is 2. The summed E-state index contributed by atoms with van der Waals surface area (Å²) in [5.41, 5.74) is 7.04. The Morgan fingerprint density at radius 3 is 1.69 bits per heavy atom. The standard InChI is InChI=1S/C24H33NO4/c25-21-13-11-18(12-14-21)15-22(23(26)28-16-19-7-3-1-4-8-19)24(27)29-17-20-9-5-2-6-10-20/h11-15,19-20H,1-10,16-17,25H2. The predicted octanol–water partition coefficient (Wildman–Crippen LogP) is 4.90. The molecule has 0 saturated heterocycles. The second kappa shape index (κ2) is 11.0. The van der Waals surface area contributed by atoms with Crippen LogP contribution in [0.3, 0.4) is 0 Å². The minimum atomic E-state index is -0.596. The van der Waals surface area contributed by atoms with E-state index >= 15 is 0 Å². The lowest BCUT2D eigenvalue weighted by Gasteiger charge is -2.22. The van der Waals surface area contributed by atoms with Crippen LogP contribution in [0.25, 0.3) is 6.08 Å². The lowest BCUT2D eigenvalue weighted by molar-refractivity contribution is -0.148. The van der Waals surface area contributed by atoms with Gasteiger partial charge < -0.3 is 15.2 Å². The van der Waals surface area contributed by atoms with Crippen molar-refractivity contribution in [2.45, 2.75) is 64.2 Å². The Morgan fingerprint density at radius 1 is 0.793 bits per heavy atom. The van der Waals surface area contributed by atoms with Crippen LogP contribution in [0.2, 0.25) is 0 Å². The van der Waals surface area contributed by atoms with E-state index in [1.807, 2.05) is 0 Å². The molecule has 2 aliphatic carbocycles. The highest BCUT2D eigenvalue weighted by Gasteiger charge is 2.25. The van der Waals surface area contributed by atoms with E-state index in [1.54, 1.807) is 30.3 Å². The van der Waals surface area contributed by atoms with Crippen LogP contribution in [0.4, 0.5) is 5.69 Å². The second-order valence-electron chi connectivity index (χ2n) is 8.43. The molecule has 0 heterocycles. The number of rotatable bonds is 7. The van der Waals surface area contributed by atoms with Crippen LogP contribution in [0.5, 0.6) is 0 Å². The Morgan fingerprint density at radius 2 is 1.24 bits per heavy atom. The summed E-state index contributed by atoms with van der Waals surface area (Å²) >= 11 is 0. The normalized spacial score (nSPS) is 18.1. The third-order valence-corrected chi connectivity index (χ3v) is 6.04. The van der Waals surface area contributed by atoms with Crippen LogP contribution < -0.4 is 5.73 Å². The summed E-state index contributed by atoms with van der Waals surface area (Å²) in [5.74, 6) is -0.408. The Hall–Kier alpha value is -2.30. The number of esters is 2. The van der Waals surface area contributed by atoms with Gasteiger partial charge in [-0.25, -0.2) is 9.59 Å². The van der Waals surface area contributed by atoms with Crippen LogP contribution >= 0.6 is 0 Å². The zero-order valence-corrected chi connectivity index (χ0v) is 17.2. The Kier molecular flexibility index (Phi) is 8.14. The van der Waals surface area contributed by atoms with Crippen molar-refractivity contribution in [3.8, 4) is 0 Å². The number of nitrogen functional groups attached to an aromatic ring is 1. The van der Waals surface area contributed by atoms with E-state index in [9.17, 15) is 9.59 Å². The summed E-state index contributed by atoms with van der Waals surface area (Å²) in [4.78, 5) is 25.5. The third kappa shape index (κ3) is 6.91. The highest BCUT2D eigenvalue weighted by atomic mass is 16.6. The average molecular weight is 400 g/mol. The number of ether oxygens (including phenoxy) is 2. The molecule has 1 aromatic carbocycles. The van der Waals surface area contributed by atoms with Crippen molar-refractivity contribution in [1.82, 2.24) is 0 Å². The zero-order valence-electron chi connectivity index (χ0n) is 17.2. The van der Waals surface area contributed by atoms with Crippen molar-refractivity contribution in [1.29, 1.82) is 0 Å². The quantitative estimate of drug-likeness (QED) is 0.232. The van der Waals surface area contributed by atoms with Crippen LogP contribution in [0, 0.1) is 11.8 Å². The molecule has 29 heavy (non-hydrogen) atoms. The first-order valence-electron chi connectivity index (χ1n) is 11.0. The molecular weight excluding hydrogens is 366 g/mol. The lowest BCUT2D eigenvalue weighted by Crippen LogP contribution is -2.24. The van der Waals surface area contributed by atoms with Crippen molar-refractivity contribution in [2.75, 3.05) is 18.9 Å². The van der Waals surface area contributed by atoms with Gasteiger partial charge in [0.1, 0.15) is 5.57 Å². The van der Waals surface area contributed by atoms with E-state index in [2.05, 4.69) is 0 Å². The molecular formula is C24H33NO4. The smallest absolute Gasteiger partial charge is 0.345 e. The summed E-state index contributed by atoms with van der Waals surface area (Å²) < 4.78 is 11.0. The molecule has 0 radical (unpaired) electrons. The Balaban J connectivity index is 1.65. The van der Waals surface area contributed by atoms with E-state index in [1.165, 1.54) is 38.5 Å². The van der Waals surface area contributed by atoms with Crippen LogP contribution in [0.1, 0.15) is 69.8 Å². The summed E-state index contributed by atoms with van der Waals surface area (Å²) in [7, 11) is 0. The van der Waals surface area contributed by atoms with Crippen LogP contribution in [0.15, 0.2) is 29.8 Å². The molecule has 2 saturated carbocycles. The van der Waals surface area contributed by atoms with Crippen LogP contribution in [-0.4, -0.2) is 25.2 Å². The van der Waals surface area contributed by atoms with Gasteiger partial charge in [0.05, 0.1) is 13.2 Å². The molecule has 2 N–H and O–H groups in total. The van der Waals surface area contributed by atoms with Gasteiger partial charge in [-0.3, -0.25) is 0 Å². The topological polar surface area (TPSA) is 78.6 Å². The monoisotopic (exact) mass is 399 g/mol. The molecule has 0 amide bonds. The predicted molar refractivity (Wildman–Crippen MR) is 114 cm³/mol. The second-order valence-corrected chi connectivity index (χ2v) is 8.43. The number of nitrogens with two attached hydrogens (primary N) is 1. The number of hydrogen-bond acceptors (Lipinski definition) is 5. The van der Waals surface area contributed by atoms with Gasteiger partial charge in [-0.1, -0.05) is 50.7 Å². The SMILES string of the molecule is Nc1ccc(C=C(C(=O)OCC2CCCCC2)C(=O)OCC2CCCCC2)cc1. The third-order valence-electron chi connectivity index (χ3n) is 6.04. The van der Waals surface area contributed by atoms with Crippen molar-refractivity contribution < 1.29 is 19.1 Å². The van der Waals surface area contributed by atoms with Gasteiger partial charge >= 0.3 is 11.9 Å². The first-order chi connectivity index (χ1) is 14.1. The van der Waals surface area contributed by atoms with Crippen molar-refractivity contribution >= 4 is 23.7 Å². The van der Waals surface area contributed by atoms with Crippen LogP contribution in [-0.2, 0) is 19.1 Å². The fourth-order valence-electron chi connectivity index (χ4n) is 4.21. The van der Waals surface area contributed by atoms with E-state index in [0.29, 0.717) is 30.7 Å². The van der Waals surface area contributed by atoms with Gasteiger partial charge in [0.15, 0.2) is 0 Å². The fourth-order valence-corrected chi connectivity index (χ4v) is 4.21. The molecule has 0 aliphatic heterocycles. The first kappa shape index (κ1) is 21.4. The van der Waals surface area contributed by atoms with Gasteiger partial charge in [0.2, 0.25) is 0 Å². The molecule has 0 atom stereocenters. The summed E-state index contributed by atoms with van der Waals surface area (Å²) in [6.07, 6.45) is 13.1. The molecule has 5 heteroatoms. The molecule has 0 unspecified atom stereocenters. The molecule has 158 valence electrons. The van der Waals surface area contributed by atoms with Gasteiger partial charge in [-0.15, -0.1) is 0 Å². The van der Waals surface area contributed by atoms with E-state index in [-0.39, 0.29) is 5.57 Å². The summed E-state index contributed by atoms with van der Waals surface area (Å²) in [5, 5.41) is 0. The maximum Gasteiger partial charge on any atom is 0.345 e. The van der Waals surface area contributed by atoms with Crippen molar-refractivity contribution in [3.63, 3.8) is 0 Å². The number of carbonyl (C=O) groups is 2. The zero-order chi connectivity index (χ0) is 20.5. The highest BCUT2D eigenvalue weighted by Crippen LogP contribution is 2.25. The van der Waals surface area contributed by atoms with Crippen molar-refractivity contribution in [3.05, 3.63) is 35.4 Å². The Bertz CT molecular complexity index is 662. The summed E-state index contributed by atoms with van der Waals surface area (Å²) in [6, 6.07) is 7.03. The number of anilines is 1. The molecule has 1 aromatic rings. The lowest BCUT2D eigenvalue weighted by atomic mass is 9.90. The molecule has 5 nitrogen and oxygen atoms in total. The van der Waals surface area contributed by atoms with Gasteiger partial charge in [0, 0.05) is 5.69 Å². The summed E-state index contributed by atoms with van der Waals surface area (Å²) in [6.45, 7) is 0.738. The maximum absolute atomic E-state index is 12.7. The molecule has 0 aromatic heterocycles. The van der Waals surface area contributed by atoms with Gasteiger partial charge in [-0.2, -0.15) is 0 Å². The number of hydrogen-bond donors (Lipinski definition) is 1.